The topological polar surface area (TPSA) is 617 Å². The molecule has 0 aromatic carbocycles. The number of alkyl carbamates (subject to hydrolysis) is 1. The number of rotatable bonds is 14. The average molecular weight is 1400 g/mol. The normalized spacial score (nSPS) is 48.6. The van der Waals surface area contributed by atoms with E-state index in [1.54, 1.807) is 25.7 Å². The first-order valence-corrected chi connectivity index (χ1v) is 31.6. The second-order valence-corrected chi connectivity index (χ2v) is 25.9. The van der Waals surface area contributed by atoms with Gasteiger partial charge in [-0.25, -0.2) is 4.79 Å². The standard InChI is InChI=1S/C55H94N4O37/c1-55(2,3)96-54(81)57-7-5-25(66)56-6-4-17-8-59(16-58-17)9-18-40-26(67)33(74)47(82-18)90-41-19(10-60)84-49(35(76)28(41)69)92-43-21(12-62)86-51(37(78)30(43)71)94-45-23(14-64)88-53(39(80)32(45)73)95-46-24(15-65)87-52(38(79)31(46)72)93-44-22(13-63)85-50(36(77)29(44)70)91-42-20(11-61)83-48(89-40)34(75)27(42)68/h17-24,26-53,58,60-65,67-80H,4-16H2,1-3H3,(H,56,66)(H,57,81)/t17?,18-,19-,20-,21-,22-,23-,24-,26-,27-,28-,29-,30-,31-,32-,33-,34?,35-,36-,37-,38-,39-,40-,41-,42-,43-,44-,45-,46-,47-,48-,49-,50-,51-,52-,53-/m1/s1. The van der Waals surface area contributed by atoms with Crippen LogP contribution in [0.2, 0.25) is 0 Å². The molecule has 22 heterocycles. The number of hydrogen-bond donors (Lipinski definition) is 23. The summed E-state index contributed by atoms with van der Waals surface area (Å²) in [5.41, 5.74) is -0.751. The number of nitrogens with zero attached hydrogens (tertiary/aromatic N) is 1. The average Bonchev–Trinajstić information content (AvgIpc) is 0.803. The van der Waals surface area contributed by atoms with Crippen molar-refractivity contribution >= 4 is 12.0 Å². The van der Waals surface area contributed by atoms with Crippen molar-refractivity contribution in [3.8, 4) is 0 Å². The van der Waals surface area contributed by atoms with Gasteiger partial charge in [0.15, 0.2) is 44.0 Å². The van der Waals surface area contributed by atoms with Gasteiger partial charge in [0.25, 0.3) is 0 Å². The zero-order chi connectivity index (χ0) is 69.9. The Morgan fingerprint density at radius 2 is 0.646 bits per heavy atom. The third-order valence-corrected chi connectivity index (χ3v) is 18.0. The molecule has 2 amide bonds. The molecule has 22 aliphatic heterocycles. The Morgan fingerprint density at radius 3 is 0.906 bits per heavy atom. The molecule has 0 aromatic heterocycles. The van der Waals surface area contributed by atoms with E-state index in [9.17, 15) is 112 Å². The summed E-state index contributed by atoms with van der Waals surface area (Å²) in [6.45, 7) is -1.05. The van der Waals surface area contributed by atoms with Crippen molar-refractivity contribution in [3.63, 3.8) is 0 Å². The number of aliphatic hydroxyl groups is 20. The summed E-state index contributed by atoms with van der Waals surface area (Å²) in [5, 5.41) is 234. The maximum absolute atomic E-state index is 12.6. The zero-order valence-electron chi connectivity index (χ0n) is 52.3. The number of nitrogens with one attached hydrogen (secondary N) is 3. The summed E-state index contributed by atoms with van der Waals surface area (Å²) in [5.74, 6) is -0.376. The van der Waals surface area contributed by atoms with Crippen molar-refractivity contribution in [1.29, 1.82) is 0 Å². The minimum Gasteiger partial charge on any atom is -0.444 e. The predicted octanol–water partition coefficient (Wildman–Crippen LogP) is -14.6. The van der Waals surface area contributed by atoms with Gasteiger partial charge in [0.05, 0.1) is 39.6 Å². The van der Waals surface area contributed by atoms with Gasteiger partial charge in [0.2, 0.25) is 5.91 Å². The fourth-order valence-electron chi connectivity index (χ4n) is 12.8. The Labute approximate surface area is 547 Å². The van der Waals surface area contributed by atoms with Crippen LogP contribution in [0.1, 0.15) is 33.6 Å². The SMILES string of the molecule is CC(C)(C)OC(=O)NCCC(=O)NCCC1CN(C[C@H]2O[C@@H]3O[C@H]4[C@H](O)[C@@H](O)[C@@H](O[C@H]5[C@H](O)[C@@H](O)[C@@H](O[C@H]6[C@H](O)[C@@H](O)[C@@H](O[C@H]7[C@H](O)[C@@H](O)[C@@H](O[C@H]8[C@H](O)[C@@H](O)[C@@H](O[C@H]9[C@H](O)C(O)[C@@H](O[C@H]2[C@H](O)[C@H]3O)O[C@@H]9CO)O[C@@H]8CO)O[C@@H]7CO)O[C@@H]6CO)O[C@@H]5CO)O[C@@H]4CO)CN1. The van der Waals surface area contributed by atoms with Crippen LogP contribution in [0.5, 0.6) is 0 Å². The van der Waals surface area contributed by atoms with E-state index >= 15 is 0 Å². The lowest BCUT2D eigenvalue weighted by Crippen LogP contribution is -2.68. The number of carbonyl (C=O) groups is 2. The first-order chi connectivity index (χ1) is 45.5. The highest BCUT2D eigenvalue weighted by Crippen LogP contribution is 2.39. The van der Waals surface area contributed by atoms with Crippen LogP contribution < -0.4 is 16.0 Å². The molecule has 22 aliphatic rings. The second kappa shape index (κ2) is 33.6. The Balaban J connectivity index is 0.970. The monoisotopic (exact) mass is 1400 g/mol. The first-order valence-electron chi connectivity index (χ1n) is 31.6. The van der Waals surface area contributed by atoms with Crippen LogP contribution in [0.3, 0.4) is 0 Å². The quantitative estimate of drug-likeness (QED) is 0.0768. The van der Waals surface area contributed by atoms with Crippen LogP contribution in [-0.4, -0.2) is 418 Å². The predicted molar refractivity (Wildman–Crippen MR) is 301 cm³/mol. The summed E-state index contributed by atoms with van der Waals surface area (Å²) in [6.07, 6.45) is -70.9. The third-order valence-electron chi connectivity index (χ3n) is 18.0. The summed E-state index contributed by atoms with van der Waals surface area (Å²) in [7, 11) is 0. The molecule has 22 rings (SSSR count). The lowest BCUT2D eigenvalue weighted by molar-refractivity contribution is -0.396. The molecular weight excluding hydrogens is 1310 g/mol. The molecule has 22 saturated heterocycles. The first kappa shape index (κ1) is 77.5. The van der Waals surface area contributed by atoms with Crippen molar-refractivity contribution < 1.29 is 183 Å². The molecule has 36 atom stereocenters. The molecule has 0 spiro atoms. The third kappa shape index (κ3) is 17.3. The van der Waals surface area contributed by atoms with E-state index in [0.29, 0.717) is 6.42 Å². The highest BCUT2D eigenvalue weighted by molar-refractivity contribution is 5.77. The van der Waals surface area contributed by atoms with Crippen LogP contribution in [0, 0.1) is 0 Å². The van der Waals surface area contributed by atoms with E-state index in [2.05, 4.69) is 16.0 Å². The van der Waals surface area contributed by atoms with E-state index < -0.39 is 266 Å². The highest BCUT2D eigenvalue weighted by Gasteiger charge is 2.60. The maximum Gasteiger partial charge on any atom is 0.407 e. The number of carbonyl (C=O) groups excluding carboxylic acids is 2. The van der Waals surface area contributed by atoms with Crippen molar-refractivity contribution in [2.24, 2.45) is 0 Å². The van der Waals surface area contributed by atoms with Crippen LogP contribution in [-0.2, 0) is 75.8 Å². The largest absolute Gasteiger partial charge is 0.444 e. The molecule has 0 saturated carbocycles. The zero-order valence-corrected chi connectivity index (χ0v) is 52.3. The van der Waals surface area contributed by atoms with Crippen LogP contribution in [0.25, 0.3) is 0 Å². The second-order valence-electron chi connectivity index (χ2n) is 25.9. The Morgan fingerprint density at radius 1 is 0.385 bits per heavy atom. The van der Waals surface area contributed by atoms with Gasteiger partial charge in [-0.15, -0.1) is 0 Å². The van der Waals surface area contributed by atoms with Crippen LogP contribution in [0.15, 0.2) is 0 Å². The van der Waals surface area contributed by atoms with Gasteiger partial charge in [-0.2, -0.15) is 0 Å². The van der Waals surface area contributed by atoms with Gasteiger partial charge in [-0.3, -0.25) is 9.69 Å². The Hall–Kier alpha value is -2.70. The Kier molecular flexibility index (Phi) is 27.1. The number of aliphatic hydroxyl groups excluding tert-OH is 20. The lowest BCUT2D eigenvalue weighted by Gasteiger charge is -2.50. The molecule has 96 heavy (non-hydrogen) atoms. The van der Waals surface area contributed by atoms with Crippen molar-refractivity contribution in [1.82, 2.24) is 20.9 Å². The summed E-state index contributed by atoms with van der Waals surface area (Å²) < 4.78 is 87.2. The van der Waals surface area contributed by atoms with Gasteiger partial charge < -0.3 is 189 Å². The van der Waals surface area contributed by atoms with E-state index in [1.807, 2.05) is 0 Å². The fraction of sp³-hybridized carbons (Fsp3) is 0.964. The van der Waals surface area contributed by atoms with Crippen molar-refractivity contribution in [2.45, 2.75) is 260 Å². The van der Waals surface area contributed by atoms with Crippen LogP contribution >= 0.6 is 0 Å². The molecule has 0 aromatic rings. The van der Waals surface area contributed by atoms with E-state index in [4.69, 9.17) is 71.1 Å². The fourth-order valence-corrected chi connectivity index (χ4v) is 12.8. The number of amides is 2. The molecule has 0 radical (unpaired) electrons. The molecule has 41 nitrogen and oxygen atoms in total. The Bertz CT molecular complexity index is 2420. The van der Waals surface area contributed by atoms with E-state index in [0.717, 1.165) is 0 Å². The highest BCUT2D eigenvalue weighted by atomic mass is 16.8. The van der Waals surface area contributed by atoms with Gasteiger partial charge in [-0.05, 0) is 27.2 Å². The molecule has 23 N–H and O–H groups in total. The van der Waals surface area contributed by atoms with Gasteiger partial charge >= 0.3 is 6.09 Å². The summed E-state index contributed by atoms with van der Waals surface area (Å²) in [6, 6.07) is -0.312. The van der Waals surface area contributed by atoms with E-state index in [1.165, 1.54) is 0 Å². The van der Waals surface area contributed by atoms with E-state index in [-0.39, 0.29) is 51.2 Å². The van der Waals surface area contributed by atoms with Crippen molar-refractivity contribution in [2.75, 3.05) is 72.5 Å². The van der Waals surface area contributed by atoms with Crippen LogP contribution in [0.4, 0.5) is 4.79 Å². The molecule has 556 valence electrons. The summed E-state index contributed by atoms with van der Waals surface area (Å²) >= 11 is 0. The molecular formula is C55H94N4O37. The molecule has 22 fully saturated rings. The number of hydrogen-bond acceptors (Lipinski definition) is 39. The molecule has 14 bridgehead atoms. The lowest BCUT2D eigenvalue weighted by atomic mass is 9.95. The molecule has 2 unspecified atom stereocenters. The maximum atomic E-state index is 12.6. The number of ether oxygens (including phenoxy) is 15. The van der Waals surface area contributed by atoms with Gasteiger partial charge in [-0.1, -0.05) is 0 Å². The molecule has 0 aliphatic carbocycles. The molecule has 41 heteroatoms. The smallest absolute Gasteiger partial charge is 0.407 e. The summed E-state index contributed by atoms with van der Waals surface area (Å²) in [4.78, 5) is 26.4. The minimum absolute atomic E-state index is 0.00607. The van der Waals surface area contributed by atoms with Gasteiger partial charge in [0.1, 0.15) is 177 Å². The van der Waals surface area contributed by atoms with Gasteiger partial charge in [0, 0.05) is 45.3 Å². The van der Waals surface area contributed by atoms with Crippen molar-refractivity contribution in [3.05, 3.63) is 0 Å². The minimum atomic E-state index is -2.23.